The molecule has 2 aromatic rings. The number of methoxy groups -OCH3 is 1. The minimum Gasteiger partial charge on any atom is -0.480 e. The predicted octanol–water partition coefficient (Wildman–Crippen LogP) is 8.60. The van der Waals surface area contributed by atoms with Crippen molar-refractivity contribution >= 4 is 46.0 Å². The van der Waals surface area contributed by atoms with Gasteiger partial charge in [-0.15, -0.1) is 0 Å². The molecule has 0 spiro atoms. The van der Waals surface area contributed by atoms with E-state index in [9.17, 15) is 0 Å². The van der Waals surface area contributed by atoms with Gasteiger partial charge in [0.05, 0.1) is 29.4 Å². The molecule has 0 N–H and O–H groups in total. The normalized spacial score (nSPS) is 12.9. The molecule has 2 aromatic heterocycles. The summed E-state index contributed by atoms with van der Waals surface area (Å²) in [4.78, 5) is 11.9. The third-order valence-corrected chi connectivity index (χ3v) is 12.4. The van der Waals surface area contributed by atoms with Gasteiger partial charge in [-0.1, -0.05) is 47.6 Å². The lowest BCUT2D eigenvalue weighted by Crippen LogP contribution is -2.41. The van der Waals surface area contributed by atoms with Crippen LogP contribution in [0.15, 0.2) is 38.8 Å². The highest BCUT2D eigenvalue weighted by Crippen LogP contribution is 2.39. The molecule has 0 aliphatic heterocycles. The van der Waals surface area contributed by atoms with Crippen LogP contribution in [0.1, 0.15) is 59.6 Å². The minimum atomic E-state index is -1.78. The molecular weight excluding hydrogens is 586 g/mol. The molecule has 0 saturated heterocycles. The van der Waals surface area contributed by atoms with Crippen LogP contribution in [0.2, 0.25) is 18.1 Å². The molecule has 0 aliphatic rings. The molecule has 8 heteroatoms. The average molecular weight is 628 g/mol. The van der Waals surface area contributed by atoms with Crippen molar-refractivity contribution in [3.63, 3.8) is 0 Å². The number of rotatable bonds is 10. The van der Waals surface area contributed by atoms with E-state index in [1.165, 1.54) is 5.57 Å². The highest BCUT2D eigenvalue weighted by Gasteiger charge is 2.37. The van der Waals surface area contributed by atoms with Crippen LogP contribution in [0, 0.1) is 0 Å². The van der Waals surface area contributed by atoms with E-state index in [0.29, 0.717) is 18.4 Å². The smallest absolute Gasteiger partial charge is 0.222 e. The lowest BCUT2D eigenvalue weighted by molar-refractivity contribution is 0.315. The Bertz CT molecular complexity index is 1050. The first-order chi connectivity index (χ1) is 16.2. The molecule has 2 heterocycles. The second-order valence-electron chi connectivity index (χ2n) is 10.7. The Balaban J connectivity index is 2.31. The fourth-order valence-corrected chi connectivity index (χ4v) is 5.61. The Kier molecular flexibility index (Phi) is 10.6. The Morgan fingerprint density at radius 1 is 1.14 bits per heavy atom. The lowest BCUT2D eigenvalue weighted by atomic mass is 10.1. The summed E-state index contributed by atoms with van der Waals surface area (Å²) in [7, 11) is 1.93. The number of anilines is 1. The first-order valence-electron chi connectivity index (χ1n) is 12.2. The van der Waals surface area contributed by atoms with Crippen molar-refractivity contribution in [2.45, 2.75) is 72.0 Å². The van der Waals surface area contributed by atoms with Crippen molar-refractivity contribution in [1.82, 2.24) is 9.97 Å². The summed E-state index contributed by atoms with van der Waals surface area (Å²) < 4.78 is 13.9. The van der Waals surface area contributed by atoms with E-state index in [-0.39, 0.29) is 5.04 Å². The second-order valence-corrected chi connectivity index (χ2v) is 17.2. The zero-order valence-corrected chi connectivity index (χ0v) is 27.1. The average Bonchev–Trinajstić information content (AvgIpc) is 2.77. The van der Waals surface area contributed by atoms with Gasteiger partial charge in [-0.25, -0.2) is 9.97 Å². The Morgan fingerprint density at radius 3 is 2.34 bits per heavy atom. The number of nitrogens with zero attached hydrogens (tertiary/aromatic N) is 3. The highest BCUT2D eigenvalue weighted by atomic mass is 79.9. The highest BCUT2D eigenvalue weighted by molar-refractivity contribution is 9.11. The van der Waals surface area contributed by atoms with Crippen LogP contribution >= 0.6 is 31.9 Å². The first kappa shape index (κ1) is 30.0. The van der Waals surface area contributed by atoms with E-state index in [1.807, 2.05) is 18.2 Å². The van der Waals surface area contributed by atoms with Gasteiger partial charge in [0.25, 0.3) is 0 Å². The third kappa shape index (κ3) is 7.63. The van der Waals surface area contributed by atoms with Crippen LogP contribution < -0.4 is 9.64 Å². The molecular formula is C27H41Br2N3O2Si. The monoisotopic (exact) mass is 625 g/mol. The molecule has 0 bridgehead atoms. The van der Waals surface area contributed by atoms with Crippen LogP contribution in [0.25, 0.3) is 11.3 Å². The standard InChI is InChI=1S/C27H41Br2N3O2Si/c1-11-19(17-34-35(9,10)27(4,5)6)14-15-32(7)25-22(29)16-21(28)24(31-25)20-12-13-23(18(2)3)30-26(20)33-8/h12-14,16,18H,11,15,17H2,1-10H3. The molecule has 0 atom stereocenters. The molecule has 0 radical (unpaired) electrons. The summed E-state index contributed by atoms with van der Waals surface area (Å²) >= 11 is 7.39. The zero-order chi connectivity index (χ0) is 26.6. The van der Waals surface area contributed by atoms with E-state index in [4.69, 9.17) is 19.1 Å². The molecule has 0 unspecified atom stereocenters. The summed E-state index contributed by atoms with van der Waals surface area (Å²) in [5, 5.41) is 0.203. The molecule has 194 valence electrons. The van der Waals surface area contributed by atoms with Crippen molar-refractivity contribution in [3.8, 4) is 17.1 Å². The van der Waals surface area contributed by atoms with E-state index >= 15 is 0 Å². The number of hydrogen-bond acceptors (Lipinski definition) is 5. The van der Waals surface area contributed by atoms with Gasteiger partial charge in [-0.05, 0) is 86.1 Å². The maximum atomic E-state index is 6.45. The van der Waals surface area contributed by atoms with Crippen molar-refractivity contribution < 1.29 is 9.16 Å². The number of likely N-dealkylation sites (N-methyl/N-ethyl adjacent to an activating group) is 1. The van der Waals surface area contributed by atoms with Gasteiger partial charge < -0.3 is 14.1 Å². The van der Waals surface area contributed by atoms with Gasteiger partial charge >= 0.3 is 0 Å². The van der Waals surface area contributed by atoms with Gasteiger partial charge in [0.15, 0.2) is 8.32 Å². The molecule has 0 amide bonds. The van der Waals surface area contributed by atoms with E-state index in [2.05, 4.69) is 105 Å². The summed E-state index contributed by atoms with van der Waals surface area (Å²) in [5.41, 5.74) is 3.97. The zero-order valence-electron chi connectivity index (χ0n) is 22.9. The summed E-state index contributed by atoms with van der Waals surface area (Å²) in [5.74, 6) is 1.76. The topological polar surface area (TPSA) is 47.5 Å². The van der Waals surface area contributed by atoms with Gasteiger partial charge in [-0.2, -0.15) is 0 Å². The number of ether oxygens (including phenoxy) is 1. The SMILES string of the molecule is CCC(=CCN(C)c1nc(-c2ccc(C(C)C)nc2OC)c(Br)cc1Br)CO[Si](C)(C)C(C)(C)C. The fraction of sp³-hybridized carbons (Fsp3) is 0.556. The molecule has 35 heavy (non-hydrogen) atoms. The van der Waals surface area contributed by atoms with Crippen LogP contribution in [0.3, 0.4) is 0 Å². The van der Waals surface area contributed by atoms with Gasteiger partial charge in [0, 0.05) is 23.8 Å². The number of hydrogen-bond donors (Lipinski definition) is 0. The summed E-state index contributed by atoms with van der Waals surface area (Å²) in [6, 6.07) is 6.12. The number of pyridine rings is 2. The van der Waals surface area contributed by atoms with E-state index < -0.39 is 8.32 Å². The largest absolute Gasteiger partial charge is 0.480 e. The fourth-order valence-electron chi connectivity index (χ4n) is 3.17. The minimum absolute atomic E-state index is 0.203. The Labute approximate surface area is 230 Å². The van der Waals surface area contributed by atoms with Crippen LogP contribution in [0.5, 0.6) is 5.88 Å². The predicted molar refractivity (Wildman–Crippen MR) is 158 cm³/mol. The third-order valence-electron chi connectivity index (χ3n) is 6.73. The Hall–Kier alpha value is -1.22. The van der Waals surface area contributed by atoms with Crippen LogP contribution in [-0.2, 0) is 4.43 Å². The maximum absolute atomic E-state index is 6.45. The van der Waals surface area contributed by atoms with Gasteiger partial charge in [0.1, 0.15) is 5.82 Å². The Morgan fingerprint density at radius 2 is 1.80 bits per heavy atom. The van der Waals surface area contributed by atoms with Crippen molar-refractivity contribution in [2.24, 2.45) is 0 Å². The van der Waals surface area contributed by atoms with Gasteiger partial charge in [-0.3, -0.25) is 0 Å². The van der Waals surface area contributed by atoms with E-state index in [0.717, 1.165) is 44.7 Å². The van der Waals surface area contributed by atoms with Crippen molar-refractivity contribution in [3.05, 3.63) is 44.5 Å². The molecule has 5 nitrogen and oxygen atoms in total. The lowest BCUT2D eigenvalue weighted by Gasteiger charge is -2.36. The molecule has 2 rings (SSSR count). The summed E-state index contributed by atoms with van der Waals surface area (Å²) in [6.07, 6.45) is 3.23. The van der Waals surface area contributed by atoms with E-state index in [1.54, 1.807) is 7.11 Å². The van der Waals surface area contributed by atoms with Crippen molar-refractivity contribution in [1.29, 1.82) is 0 Å². The van der Waals surface area contributed by atoms with Crippen molar-refractivity contribution in [2.75, 3.05) is 32.2 Å². The van der Waals surface area contributed by atoms with Crippen LogP contribution in [-0.4, -0.2) is 45.6 Å². The number of aromatic nitrogens is 2. The number of halogens is 2. The van der Waals surface area contributed by atoms with Crippen LogP contribution in [0.4, 0.5) is 5.82 Å². The molecule has 0 aromatic carbocycles. The first-order valence-corrected chi connectivity index (χ1v) is 16.7. The molecule has 0 fully saturated rings. The quantitative estimate of drug-likeness (QED) is 0.195. The second kappa shape index (κ2) is 12.3. The maximum Gasteiger partial charge on any atom is 0.222 e. The van der Waals surface area contributed by atoms with Gasteiger partial charge in [0.2, 0.25) is 5.88 Å². The molecule has 0 aliphatic carbocycles. The summed E-state index contributed by atoms with van der Waals surface area (Å²) in [6.45, 7) is 19.3. The molecule has 0 saturated carbocycles.